The molecule has 0 fully saturated rings. The minimum absolute atomic E-state index is 0.290. The Morgan fingerprint density at radius 2 is 1.95 bits per heavy atom. The van der Waals surface area contributed by atoms with E-state index in [1.165, 1.54) is 0 Å². The lowest BCUT2D eigenvalue weighted by Gasteiger charge is -2.06. The second kappa shape index (κ2) is 5.65. The van der Waals surface area contributed by atoms with Gasteiger partial charge in [0.05, 0.1) is 11.6 Å². The minimum Gasteiger partial charge on any atom is -0.373 e. The van der Waals surface area contributed by atoms with E-state index in [-0.39, 0.29) is 5.91 Å². The highest BCUT2D eigenvalue weighted by Gasteiger charge is 2.08. The van der Waals surface area contributed by atoms with E-state index in [0.717, 1.165) is 0 Å². The van der Waals surface area contributed by atoms with Crippen LogP contribution in [0.3, 0.4) is 0 Å². The van der Waals surface area contributed by atoms with Gasteiger partial charge in [0.25, 0.3) is 5.91 Å². The van der Waals surface area contributed by atoms with Crippen molar-refractivity contribution >= 4 is 17.4 Å². The van der Waals surface area contributed by atoms with Gasteiger partial charge < -0.3 is 10.6 Å². The highest BCUT2D eigenvalue weighted by molar-refractivity contribution is 6.03. The number of nitriles is 1. The molecule has 2 rings (SSSR count). The molecule has 1 aromatic carbocycles. The number of hydrogen-bond acceptors (Lipinski definition) is 4. The molecule has 0 aliphatic heterocycles. The standard InChI is InChI=1S/C14H12N4O/c1-16-13-4-2-3-12(18-13)14(19)17-11-7-5-10(9-15)6-8-11/h2-8H,1H3,(H,16,18)(H,17,19). The maximum absolute atomic E-state index is 12.0. The maximum Gasteiger partial charge on any atom is 0.274 e. The van der Waals surface area contributed by atoms with Gasteiger partial charge in [-0.15, -0.1) is 0 Å². The van der Waals surface area contributed by atoms with Gasteiger partial charge in [-0.05, 0) is 36.4 Å². The fourth-order valence-electron chi connectivity index (χ4n) is 1.52. The molecule has 1 aromatic heterocycles. The van der Waals surface area contributed by atoms with Gasteiger partial charge >= 0.3 is 0 Å². The Balaban J connectivity index is 2.13. The number of pyridine rings is 1. The summed E-state index contributed by atoms with van der Waals surface area (Å²) >= 11 is 0. The van der Waals surface area contributed by atoms with Gasteiger partial charge in [0.15, 0.2) is 0 Å². The number of rotatable bonds is 3. The molecule has 2 aromatic rings. The van der Waals surface area contributed by atoms with Crippen molar-refractivity contribution in [2.24, 2.45) is 0 Å². The van der Waals surface area contributed by atoms with E-state index >= 15 is 0 Å². The van der Waals surface area contributed by atoms with Crippen molar-refractivity contribution in [1.29, 1.82) is 5.26 Å². The van der Waals surface area contributed by atoms with Crippen LogP contribution in [0.5, 0.6) is 0 Å². The van der Waals surface area contributed by atoms with Gasteiger partial charge in [0.1, 0.15) is 11.5 Å². The van der Waals surface area contributed by atoms with Gasteiger partial charge in [-0.25, -0.2) is 4.98 Å². The lowest BCUT2D eigenvalue weighted by atomic mass is 10.2. The summed E-state index contributed by atoms with van der Waals surface area (Å²) in [7, 11) is 1.74. The zero-order chi connectivity index (χ0) is 13.7. The summed E-state index contributed by atoms with van der Waals surface area (Å²) in [6, 6.07) is 13.8. The van der Waals surface area contributed by atoms with Crippen molar-refractivity contribution in [3.05, 3.63) is 53.7 Å². The summed E-state index contributed by atoms with van der Waals surface area (Å²) in [5.41, 5.74) is 1.50. The van der Waals surface area contributed by atoms with E-state index in [2.05, 4.69) is 15.6 Å². The van der Waals surface area contributed by atoms with Crippen LogP contribution in [-0.4, -0.2) is 17.9 Å². The van der Waals surface area contributed by atoms with Crippen LogP contribution < -0.4 is 10.6 Å². The fourth-order valence-corrected chi connectivity index (χ4v) is 1.52. The number of nitrogens with zero attached hydrogens (tertiary/aromatic N) is 2. The SMILES string of the molecule is CNc1cccc(C(=O)Nc2ccc(C#N)cc2)n1. The van der Waals surface area contributed by atoms with Gasteiger partial charge in [-0.3, -0.25) is 4.79 Å². The van der Waals surface area contributed by atoms with Crippen molar-refractivity contribution in [1.82, 2.24) is 4.98 Å². The minimum atomic E-state index is -0.290. The highest BCUT2D eigenvalue weighted by atomic mass is 16.1. The Morgan fingerprint density at radius 3 is 2.58 bits per heavy atom. The number of aromatic nitrogens is 1. The lowest BCUT2D eigenvalue weighted by Crippen LogP contribution is -2.14. The van der Waals surface area contributed by atoms with Crippen LogP contribution in [0.1, 0.15) is 16.1 Å². The molecule has 1 amide bonds. The van der Waals surface area contributed by atoms with E-state index in [9.17, 15) is 4.79 Å². The number of nitrogens with one attached hydrogen (secondary N) is 2. The van der Waals surface area contributed by atoms with E-state index in [1.54, 1.807) is 49.5 Å². The Labute approximate surface area is 110 Å². The molecule has 0 unspecified atom stereocenters. The first-order valence-corrected chi connectivity index (χ1v) is 5.69. The van der Waals surface area contributed by atoms with Crippen LogP contribution in [0.4, 0.5) is 11.5 Å². The molecule has 0 aliphatic carbocycles. The number of carbonyl (C=O) groups excluding carboxylic acids is 1. The predicted molar refractivity (Wildman–Crippen MR) is 72.9 cm³/mol. The average Bonchev–Trinajstić information content (AvgIpc) is 2.48. The molecule has 5 nitrogen and oxygen atoms in total. The molecular formula is C14H12N4O. The molecule has 1 heterocycles. The number of benzene rings is 1. The summed E-state index contributed by atoms with van der Waals surface area (Å²) in [6.45, 7) is 0. The van der Waals surface area contributed by atoms with Crippen LogP contribution >= 0.6 is 0 Å². The zero-order valence-electron chi connectivity index (χ0n) is 10.3. The molecule has 0 radical (unpaired) electrons. The molecule has 0 spiro atoms. The molecule has 0 saturated carbocycles. The Bertz CT molecular complexity index is 629. The predicted octanol–water partition coefficient (Wildman–Crippen LogP) is 2.25. The first-order chi connectivity index (χ1) is 9.22. The summed E-state index contributed by atoms with van der Waals surface area (Å²) in [6.07, 6.45) is 0. The third kappa shape index (κ3) is 3.07. The number of amides is 1. The lowest BCUT2D eigenvalue weighted by molar-refractivity contribution is 0.102. The quantitative estimate of drug-likeness (QED) is 0.878. The van der Waals surface area contributed by atoms with Crippen molar-refractivity contribution in [2.45, 2.75) is 0 Å². The third-order valence-electron chi connectivity index (χ3n) is 2.51. The van der Waals surface area contributed by atoms with Crippen LogP contribution in [0.2, 0.25) is 0 Å². The van der Waals surface area contributed by atoms with E-state index in [0.29, 0.717) is 22.8 Å². The van der Waals surface area contributed by atoms with Crippen LogP contribution in [0.25, 0.3) is 0 Å². The molecule has 5 heteroatoms. The number of anilines is 2. The normalized spacial score (nSPS) is 9.47. The van der Waals surface area contributed by atoms with Crippen LogP contribution in [-0.2, 0) is 0 Å². The Morgan fingerprint density at radius 1 is 1.21 bits per heavy atom. The first kappa shape index (κ1) is 12.6. The van der Waals surface area contributed by atoms with Crippen molar-refractivity contribution < 1.29 is 4.79 Å². The molecule has 19 heavy (non-hydrogen) atoms. The monoisotopic (exact) mass is 252 g/mol. The average molecular weight is 252 g/mol. The van der Waals surface area contributed by atoms with Gasteiger partial charge in [-0.2, -0.15) is 5.26 Å². The van der Waals surface area contributed by atoms with Crippen LogP contribution in [0.15, 0.2) is 42.5 Å². The second-order valence-corrected chi connectivity index (χ2v) is 3.80. The van der Waals surface area contributed by atoms with Gasteiger partial charge in [-0.1, -0.05) is 6.07 Å². The summed E-state index contributed by atoms with van der Waals surface area (Å²) in [5.74, 6) is 0.342. The molecule has 0 bridgehead atoms. The maximum atomic E-state index is 12.0. The largest absolute Gasteiger partial charge is 0.373 e. The topological polar surface area (TPSA) is 77.8 Å². The molecule has 2 N–H and O–H groups in total. The smallest absolute Gasteiger partial charge is 0.274 e. The fraction of sp³-hybridized carbons (Fsp3) is 0.0714. The van der Waals surface area contributed by atoms with Crippen molar-refractivity contribution in [3.63, 3.8) is 0 Å². The Kier molecular flexibility index (Phi) is 3.74. The first-order valence-electron chi connectivity index (χ1n) is 5.69. The molecule has 0 saturated heterocycles. The van der Waals surface area contributed by atoms with E-state index < -0.39 is 0 Å². The van der Waals surface area contributed by atoms with Crippen molar-refractivity contribution in [2.75, 3.05) is 17.7 Å². The molecule has 0 atom stereocenters. The summed E-state index contributed by atoms with van der Waals surface area (Å²) < 4.78 is 0. The zero-order valence-corrected chi connectivity index (χ0v) is 10.3. The third-order valence-corrected chi connectivity index (χ3v) is 2.51. The van der Waals surface area contributed by atoms with Gasteiger partial charge in [0, 0.05) is 12.7 Å². The second-order valence-electron chi connectivity index (χ2n) is 3.80. The molecule has 94 valence electrons. The number of hydrogen-bond donors (Lipinski definition) is 2. The van der Waals surface area contributed by atoms with E-state index in [4.69, 9.17) is 5.26 Å². The molecule has 0 aliphatic rings. The Hall–Kier alpha value is -2.87. The summed E-state index contributed by atoms with van der Waals surface area (Å²) in [5, 5.41) is 14.3. The van der Waals surface area contributed by atoms with Crippen molar-refractivity contribution in [3.8, 4) is 6.07 Å². The van der Waals surface area contributed by atoms with Crippen LogP contribution in [0, 0.1) is 11.3 Å². The van der Waals surface area contributed by atoms with Gasteiger partial charge in [0.2, 0.25) is 0 Å². The highest BCUT2D eigenvalue weighted by Crippen LogP contribution is 2.11. The number of carbonyl (C=O) groups is 1. The summed E-state index contributed by atoms with van der Waals surface area (Å²) in [4.78, 5) is 16.1. The van der Waals surface area contributed by atoms with E-state index in [1.807, 2.05) is 6.07 Å². The molecular weight excluding hydrogens is 240 g/mol.